The monoisotopic (exact) mass is 260 g/mol. The zero-order valence-electron chi connectivity index (χ0n) is 9.75. The molecular weight excluding hydrogens is 244 g/mol. The first kappa shape index (κ1) is 13.9. The molecule has 7 heteroatoms. The van der Waals surface area contributed by atoms with E-state index in [0.29, 0.717) is 0 Å². The first-order chi connectivity index (χ1) is 7.91. The van der Waals surface area contributed by atoms with Crippen molar-refractivity contribution in [1.29, 1.82) is 0 Å². The molecule has 0 amide bonds. The second-order valence-corrected chi connectivity index (χ2v) is 5.66. The van der Waals surface area contributed by atoms with E-state index in [2.05, 4.69) is 4.98 Å². The summed E-state index contributed by atoms with van der Waals surface area (Å²) in [6.45, 7) is 3.05. The molecule has 0 aromatic carbocycles. The topological polar surface area (TPSA) is 90.5 Å². The van der Waals surface area contributed by atoms with Crippen LogP contribution in [0.2, 0.25) is 0 Å². The summed E-state index contributed by atoms with van der Waals surface area (Å²) in [5.41, 5.74) is -0.563. The van der Waals surface area contributed by atoms with E-state index in [1.54, 1.807) is 13.8 Å². The van der Waals surface area contributed by atoms with Crippen molar-refractivity contribution in [2.45, 2.75) is 24.8 Å². The Labute approximate surface area is 100.0 Å². The molecule has 0 saturated heterocycles. The number of aliphatic hydroxyl groups is 1. The molecule has 1 rings (SSSR count). The quantitative estimate of drug-likeness (QED) is 0.765. The minimum atomic E-state index is -3.86. The van der Waals surface area contributed by atoms with Crippen molar-refractivity contribution >= 4 is 10.0 Å². The molecule has 0 unspecified atom stereocenters. The van der Waals surface area contributed by atoms with E-state index in [0.717, 1.165) is 16.6 Å². The van der Waals surface area contributed by atoms with Crippen LogP contribution in [0.4, 0.5) is 0 Å². The number of H-pyrrole nitrogens is 1. The fourth-order valence-corrected chi connectivity index (χ4v) is 3.15. The van der Waals surface area contributed by atoms with E-state index in [9.17, 15) is 13.2 Å². The van der Waals surface area contributed by atoms with Crippen LogP contribution >= 0.6 is 0 Å². The Morgan fingerprint density at radius 1 is 1.47 bits per heavy atom. The molecular formula is C10H16N2O4S. The summed E-state index contributed by atoms with van der Waals surface area (Å²) in [5, 5.41) is 8.87. The normalized spacial score (nSPS) is 12.3. The zero-order chi connectivity index (χ0) is 13.1. The molecule has 0 aliphatic rings. The van der Waals surface area contributed by atoms with Gasteiger partial charge in [0.2, 0.25) is 15.5 Å². The van der Waals surface area contributed by atoms with Crippen molar-refractivity contribution in [3.63, 3.8) is 0 Å². The zero-order valence-corrected chi connectivity index (χ0v) is 10.6. The van der Waals surface area contributed by atoms with Gasteiger partial charge in [-0.15, -0.1) is 0 Å². The van der Waals surface area contributed by atoms with Crippen molar-refractivity contribution in [2.24, 2.45) is 0 Å². The van der Waals surface area contributed by atoms with Gasteiger partial charge in [0.1, 0.15) is 4.90 Å². The molecule has 96 valence electrons. The van der Waals surface area contributed by atoms with Crippen LogP contribution in [0.15, 0.2) is 28.2 Å². The molecule has 1 aromatic rings. The van der Waals surface area contributed by atoms with Gasteiger partial charge in [-0.25, -0.2) is 8.42 Å². The van der Waals surface area contributed by atoms with Gasteiger partial charge in [-0.2, -0.15) is 4.31 Å². The summed E-state index contributed by atoms with van der Waals surface area (Å²) < 4.78 is 25.5. The highest BCUT2D eigenvalue weighted by molar-refractivity contribution is 7.89. The number of hydrogen-bond acceptors (Lipinski definition) is 4. The summed E-state index contributed by atoms with van der Waals surface area (Å²) in [5.74, 6) is 0. The molecule has 0 radical (unpaired) electrons. The van der Waals surface area contributed by atoms with Gasteiger partial charge in [0.15, 0.2) is 0 Å². The number of pyridine rings is 1. The fourth-order valence-electron chi connectivity index (χ4n) is 1.48. The van der Waals surface area contributed by atoms with Gasteiger partial charge < -0.3 is 10.1 Å². The third kappa shape index (κ3) is 2.93. The Morgan fingerprint density at radius 2 is 2.12 bits per heavy atom. The van der Waals surface area contributed by atoms with Gasteiger partial charge in [-0.3, -0.25) is 4.79 Å². The highest BCUT2D eigenvalue weighted by atomic mass is 32.2. The Balaban J connectivity index is 3.27. The fraction of sp³-hybridized carbons (Fsp3) is 0.500. The van der Waals surface area contributed by atoms with Gasteiger partial charge in [-0.1, -0.05) is 0 Å². The maximum atomic E-state index is 12.2. The van der Waals surface area contributed by atoms with Crippen molar-refractivity contribution < 1.29 is 13.5 Å². The minimum absolute atomic E-state index is 0.0334. The van der Waals surface area contributed by atoms with Crippen LogP contribution in [0.1, 0.15) is 13.8 Å². The highest BCUT2D eigenvalue weighted by Gasteiger charge is 2.28. The lowest BCUT2D eigenvalue weighted by atomic mass is 10.4. The van der Waals surface area contributed by atoms with Crippen LogP contribution in [0.3, 0.4) is 0 Å². The SMILES string of the molecule is CC(C)N(CCO)S(=O)(=O)c1c[nH]ccc1=O. The third-order valence-electron chi connectivity index (χ3n) is 2.27. The second kappa shape index (κ2) is 5.44. The lowest BCUT2D eigenvalue weighted by molar-refractivity contribution is 0.236. The molecule has 1 aromatic heterocycles. The summed E-state index contributed by atoms with van der Waals surface area (Å²) >= 11 is 0. The molecule has 0 fully saturated rings. The van der Waals surface area contributed by atoms with E-state index >= 15 is 0 Å². The van der Waals surface area contributed by atoms with Crippen LogP contribution in [-0.4, -0.2) is 42.0 Å². The molecule has 0 bridgehead atoms. The van der Waals surface area contributed by atoms with E-state index in [1.807, 2.05) is 0 Å². The Morgan fingerprint density at radius 3 is 2.59 bits per heavy atom. The predicted octanol–water partition coefficient (Wildman–Crippen LogP) is -0.234. The molecule has 0 aliphatic carbocycles. The van der Waals surface area contributed by atoms with Crippen molar-refractivity contribution in [1.82, 2.24) is 9.29 Å². The average Bonchev–Trinajstić information content (AvgIpc) is 2.25. The van der Waals surface area contributed by atoms with Crippen molar-refractivity contribution in [3.8, 4) is 0 Å². The number of aromatic amines is 1. The van der Waals surface area contributed by atoms with Crippen molar-refractivity contribution in [2.75, 3.05) is 13.2 Å². The lowest BCUT2D eigenvalue weighted by Gasteiger charge is -2.24. The second-order valence-electron chi connectivity index (χ2n) is 3.81. The maximum absolute atomic E-state index is 12.2. The number of nitrogens with zero attached hydrogens (tertiary/aromatic N) is 1. The van der Waals surface area contributed by atoms with Crippen LogP contribution in [0, 0.1) is 0 Å². The Kier molecular flexibility index (Phi) is 4.44. The Bertz CT molecular complexity index is 521. The van der Waals surface area contributed by atoms with Crippen LogP contribution in [0.25, 0.3) is 0 Å². The standard InChI is InChI=1S/C10H16N2O4S/c1-8(2)12(5-6-13)17(15,16)10-7-11-4-3-9(10)14/h3-4,7-8,13H,5-6H2,1-2H3,(H,11,14). The Hall–Kier alpha value is -1.18. The van der Waals surface area contributed by atoms with Crippen LogP contribution < -0.4 is 5.43 Å². The smallest absolute Gasteiger partial charge is 0.248 e. The highest BCUT2D eigenvalue weighted by Crippen LogP contribution is 2.13. The van der Waals surface area contributed by atoms with Gasteiger partial charge in [0.05, 0.1) is 6.61 Å². The van der Waals surface area contributed by atoms with Crippen LogP contribution in [-0.2, 0) is 10.0 Å². The van der Waals surface area contributed by atoms with Gasteiger partial charge in [0.25, 0.3) is 0 Å². The largest absolute Gasteiger partial charge is 0.395 e. The number of aromatic nitrogens is 1. The predicted molar refractivity (Wildman–Crippen MR) is 63.2 cm³/mol. The number of hydrogen-bond donors (Lipinski definition) is 2. The minimum Gasteiger partial charge on any atom is -0.395 e. The lowest BCUT2D eigenvalue weighted by Crippen LogP contribution is -2.40. The first-order valence-corrected chi connectivity index (χ1v) is 6.65. The van der Waals surface area contributed by atoms with Crippen LogP contribution in [0.5, 0.6) is 0 Å². The van der Waals surface area contributed by atoms with Gasteiger partial charge >= 0.3 is 0 Å². The van der Waals surface area contributed by atoms with E-state index < -0.39 is 15.5 Å². The molecule has 0 aliphatic heterocycles. The first-order valence-electron chi connectivity index (χ1n) is 5.21. The number of rotatable bonds is 5. The van der Waals surface area contributed by atoms with Gasteiger partial charge in [-0.05, 0) is 13.8 Å². The number of nitrogens with one attached hydrogen (secondary N) is 1. The van der Waals surface area contributed by atoms with Crippen molar-refractivity contribution in [3.05, 3.63) is 28.7 Å². The summed E-state index contributed by atoms with van der Waals surface area (Å²) in [4.78, 5) is 13.8. The molecule has 1 heterocycles. The maximum Gasteiger partial charge on any atom is 0.248 e. The molecule has 6 nitrogen and oxygen atoms in total. The molecule has 2 N–H and O–H groups in total. The van der Waals surface area contributed by atoms with Gasteiger partial charge in [0, 0.05) is 31.0 Å². The molecule has 0 atom stereocenters. The number of sulfonamides is 1. The average molecular weight is 260 g/mol. The molecule has 0 saturated carbocycles. The summed E-state index contributed by atoms with van der Waals surface area (Å²) in [6, 6.07) is 0.830. The molecule has 17 heavy (non-hydrogen) atoms. The summed E-state index contributed by atoms with van der Waals surface area (Å²) in [6.07, 6.45) is 2.53. The van der Waals surface area contributed by atoms with E-state index in [4.69, 9.17) is 5.11 Å². The van der Waals surface area contributed by atoms with E-state index in [-0.39, 0.29) is 24.1 Å². The summed E-state index contributed by atoms with van der Waals surface area (Å²) in [7, 11) is -3.86. The number of aliphatic hydroxyl groups excluding tert-OH is 1. The van der Waals surface area contributed by atoms with E-state index in [1.165, 1.54) is 6.20 Å². The molecule has 0 spiro atoms. The third-order valence-corrected chi connectivity index (χ3v) is 4.37.